The van der Waals surface area contributed by atoms with Crippen molar-refractivity contribution in [3.63, 3.8) is 0 Å². The molecular weight excluding hydrogens is 216 g/mol. The Hall–Kier alpha value is -2.23. The van der Waals surface area contributed by atoms with E-state index in [4.69, 9.17) is 4.74 Å². The fraction of sp³-hybridized carbons (Fsp3) is 0.154. The van der Waals surface area contributed by atoms with E-state index in [2.05, 4.69) is 4.98 Å². The van der Waals surface area contributed by atoms with E-state index < -0.39 is 0 Å². The Kier molecular flexibility index (Phi) is 3.45. The van der Waals surface area contributed by atoms with Crippen LogP contribution in [0.25, 0.3) is 0 Å². The number of hydrogen-bond acceptors (Lipinski definition) is 3. The molecule has 0 fully saturated rings. The molecule has 1 heterocycles. The fourth-order valence-electron chi connectivity index (χ4n) is 1.51. The molecule has 1 aromatic heterocycles. The molecule has 1 aromatic carbocycles. The van der Waals surface area contributed by atoms with Crippen LogP contribution in [0.15, 0.2) is 49.1 Å². The zero-order valence-electron chi connectivity index (χ0n) is 9.54. The zero-order chi connectivity index (χ0) is 12.1. The molecule has 0 atom stereocenters. The molecule has 0 bridgehead atoms. The first-order chi connectivity index (χ1) is 8.29. The number of carbonyl (C=O) groups excluding carboxylic acids is 1. The maximum Gasteiger partial charge on any atom is 0.227 e. The van der Waals surface area contributed by atoms with Gasteiger partial charge in [-0.25, -0.2) is 0 Å². The Labute approximate surface area is 99.5 Å². The summed E-state index contributed by atoms with van der Waals surface area (Å²) in [5.41, 5.74) is 0.647. The van der Waals surface area contributed by atoms with Gasteiger partial charge in [-0.3, -0.25) is 9.78 Å². The lowest BCUT2D eigenvalue weighted by molar-refractivity contribution is -0.683. The van der Waals surface area contributed by atoms with Crippen molar-refractivity contribution in [3.05, 3.63) is 54.6 Å². The van der Waals surface area contributed by atoms with E-state index in [0.29, 0.717) is 17.9 Å². The number of nitrogens with zero attached hydrogens (tertiary/aromatic N) is 2. The van der Waals surface area contributed by atoms with Crippen molar-refractivity contribution in [2.45, 2.75) is 6.54 Å². The minimum Gasteiger partial charge on any atom is -0.497 e. The van der Waals surface area contributed by atoms with Crippen LogP contribution in [0, 0.1) is 0 Å². The lowest BCUT2D eigenvalue weighted by atomic mass is 10.1. The van der Waals surface area contributed by atoms with E-state index >= 15 is 0 Å². The number of ether oxygens (including phenoxy) is 1. The highest BCUT2D eigenvalue weighted by atomic mass is 16.5. The van der Waals surface area contributed by atoms with E-state index in [-0.39, 0.29) is 5.78 Å². The predicted octanol–water partition coefficient (Wildman–Crippen LogP) is 1.26. The Morgan fingerprint density at radius 2 is 2.12 bits per heavy atom. The van der Waals surface area contributed by atoms with Crippen LogP contribution in [0.5, 0.6) is 5.75 Å². The second-order valence-electron chi connectivity index (χ2n) is 3.57. The molecule has 0 radical (unpaired) electrons. The molecular formula is C13H13N2O2+. The van der Waals surface area contributed by atoms with Gasteiger partial charge in [0.15, 0.2) is 12.4 Å². The normalized spacial score (nSPS) is 9.94. The van der Waals surface area contributed by atoms with Crippen LogP contribution in [0.2, 0.25) is 0 Å². The van der Waals surface area contributed by atoms with Crippen LogP contribution in [-0.2, 0) is 6.54 Å². The maximum absolute atomic E-state index is 12.0. The van der Waals surface area contributed by atoms with Crippen LogP contribution < -0.4 is 9.30 Å². The molecule has 2 rings (SSSR count). The number of Topliss-reactive ketones (excluding diaryl/α,β-unsaturated/α-hetero) is 1. The number of benzene rings is 1. The van der Waals surface area contributed by atoms with Gasteiger partial charge in [-0.2, -0.15) is 4.57 Å². The molecule has 0 N–H and O–H groups in total. The van der Waals surface area contributed by atoms with E-state index in [1.165, 1.54) is 0 Å². The summed E-state index contributed by atoms with van der Waals surface area (Å²) < 4.78 is 6.87. The van der Waals surface area contributed by atoms with Crippen LogP contribution in [0.4, 0.5) is 0 Å². The highest BCUT2D eigenvalue weighted by Crippen LogP contribution is 2.12. The number of carbonyl (C=O) groups is 1. The summed E-state index contributed by atoms with van der Waals surface area (Å²) in [7, 11) is 1.58. The third kappa shape index (κ3) is 2.87. The first kappa shape index (κ1) is 11.3. The molecule has 0 aliphatic heterocycles. The van der Waals surface area contributed by atoms with Gasteiger partial charge in [-0.05, 0) is 12.1 Å². The first-order valence-corrected chi connectivity index (χ1v) is 5.26. The van der Waals surface area contributed by atoms with Crippen molar-refractivity contribution in [2.75, 3.05) is 7.11 Å². The Bertz CT molecular complexity index is 512. The van der Waals surface area contributed by atoms with Crippen molar-refractivity contribution in [2.24, 2.45) is 0 Å². The summed E-state index contributed by atoms with van der Waals surface area (Å²) in [6.45, 7) is 0.301. The maximum atomic E-state index is 12.0. The molecule has 0 spiro atoms. The third-order valence-electron chi connectivity index (χ3n) is 2.41. The molecule has 0 aliphatic carbocycles. The van der Waals surface area contributed by atoms with Crippen molar-refractivity contribution < 1.29 is 14.1 Å². The standard InChI is InChI=1S/C13H13N2O2/c1-17-12-4-2-3-11(9-12)13(16)10-15-7-5-14-6-8-15/h2-9H,10H2,1H3/q+1. The number of ketones is 1. The van der Waals surface area contributed by atoms with Crippen LogP contribution in [0.1, 0.15) is 10.4 Å². The Morgan fingerprint density at radius 1 is 1.35 bits per heavy atom. The molecule has 17 heavy (non-hydrogen) atoms. The number of aromatic nitrogens is 2. The summed E-state index contributed by atoms with van der Waals surface area (Å²) in [5, 5.41) is 0. The minimum absolute atomic E-state index is 0.0418. The van der Waals surface area contributed by atoms with Crippen LogP contribution >= 0.6 is 0 Å². The number of rotatable bonds is 4. The van der Waals surface area contributed by atoms with Crippen molar-refractivity contribution >= 4 is 5.78 Å². The van der Waals surface area contributed by atoms with Gasteiger partial charge in [0, 0.05) is 5.56 Å². The molecule has 4 nitrogen and oxygen atoms in total. The van der Waals surface area contributed by atoms with E-state index in [9.17, 15) is 4.79 Å². The first-order valence-electron chi connectivity index (χ1n) is 5.26. The molecule has 0 unspecified atom stereocenters. The highest BCUT2D eigenvalue weighted by molar-refractivity contribution is 5.95. The van der Waals surface area contributed by atoms with Gasteiger partial charge in [0.2, 0.25) is 12.3 Å². The van der Waals surface area contributed by atoms with Gasteiger partial charge in [-0.15, -0.1) is 0 Å². The SMILES string of the molecule is COc1cccc(C(=O)C[n+]2ccncc2)c1. The predicted molar refractivity (Wildman–Crippen MR) is 61.8 cm³/mol. The highest BCUT2D eigenvalue weighted by Gasteiger charge is 2.12. The van der Waals surface area contributed by atoms with Gasteiger partial charge >= 0.3 is 0 Å². The molecule has 0 aliphatic rings. The molecule has 0 amide bonds. The smallest absolute Gasteiger partial charge is 0.227 e. The quantitative estimate of drug-likeness (QED) is 0.585. The molecule has 86 valence electrons. The van der Waals surface area contributed by atoms with Gasteiger partial charge in [0.25, 0.3) is 0 Å². The lowest BCUT2D eigenvalue weighted by Crippen LogP contribution is -2.37. The summed E-state index contributed by atoms with van der Waals surface area (Å²) in [6.07, 6.45) is 6.83. The minimum atomic E-state index is 0.0418. The Balaban J connectivity index is 2.14. The molecule has 0 saturated heterocycles. The monoisotopic (exact) mass is 229 g/mol. The second kappa shape index (κ2) is 5.21. The largest absolute Gasteiger partial charge is 0.497 e. The van der Waals surface area contributed by atoms with Crippen LogP contribution in [-0.4, -0.2) is 17.9 Å². The van der Waals surface area contributed by atoms with Crippen molar-refractivity contribution in [1.82, 2.24) is 4.98 Å². The van der Waals surface area contributed by atoms with Gasteiger partial charge < -0.3 is 4.74 Å². The summed E-state index contributed by atoms with van der Waals surface area (Å²) in [4.78, 5) is 15.9. The summed E-state index contributed by atoms with van der Waals surface area (Å²) >= 11 is 0. The third-order valence-corrected chi connectivity index (χ3v) is 2.41. The average molecular weight is 229 g/mol. The molecule has 4 heteroatoms. The number of hydrogen-bond donors (Lipinski definition) is 0. The van der Waals surface area contributed by atoms with Crippen LogP contribution in [0.3, 0.4) is 0 Å². The van der Waals surface area contributed by atoms with E-state index in [0.717, 1.165) is 0 Å². The summed E-state index contributed by atoms with van der Waals surface area (Å²) in [5.74, 6) is 0.732. The zero-order valence-corrected chi connectivity index (χ0v) is 9.54. The lowest BCUT2D eigenvalue weighted by Gasteiger charge is -2.01. The van der Waals surface area contributed by atoms with Gasteiger partial charge in [-0.1, -0.05) is 12.1 Å². The van der Waals surface area contributed by atoms with Gasteiger partial charge in [0.05, 0.1) is 19.5 Å². The van der Waals surface area contributed by atoms with E-state index in [1.807, 2.05) is 12.1 Å². The van der Waals surface area contributed by atoms with E-state index in [1.54, 1.807) is 48.6 Å². The average Bonchev–Trinajstić information content (AvgIpc) is 2.40. The molecule has 2 aromatic rings. The summed E-state index contributed by atoms with van der Waals surface area (Å²) in [6, 6.07) is 7.15. The Morgan fingerprint density at radius 3 is 2.82 bits per heavy atom. The molecule has 0 saturated carbocycles. The second-order valence-corrected chi connectivity index (χ2v) is 3.57. The van der Waals surface area contributed by atoms with Crippen molar-refractivity contribution in [1.29, 1.82) is 0 Å². The number of methoxy groups -OCH3 is 1. The van der Waals surface area contributed by atoms with Gasteiger partial charge in [0.1, 0.15) is 5.75 Å². The fourth-order valence-corrected chi connectivity index (χ4v) is 1.51. The van der Waals surface area contributed by atoms with Crippen molar-refractivity contribution in [3.8, 4) is 5.75 Å². The topological polar surface area (TPSA) is 43.1 Å².